The molecule has 1 N–H and O–H groups in total. The average Bonchev–Trinajstić information content (AvgIpc) is 2.91. The first kappa shape index (κ1) is 19.0. The number of carbonyl (C=O) groups is 2. The summed E-state index contributed by atoms with van der Waals surface area (Å²) in [5.74, 6) is -0.208. The van der Waals surface area contributed by atoms with Crippen molar-refractivity contribution in [2.24, 2.45) is 14.1 Å². The molecule has 0 aliphatic carbocycles. The van der Waals surface area contributed by atoms with Gasteiger partial charge in [-0.25, -0.2) is 9.59 Å². The van der Waals surface area contributed by atoms with Gasteiger partial charge in [0.25, 0.3) is 5.91 Å². The molecular formula is C18H22ClN5O3. The molecule has 0 radical (unpaired) electrons. The highest BCUT2D eigenvalue weighted by atomic mass is 35.5. The van der Waals surface area contributed by atoms with Crippen LogP contribution in [0, 0.1) is 6.92 Å². The molecule has 144 valence electrons. The number of halogens is 1. The summed E-state index contributed by atoms with van der Waals surface area (Å²) in [5.41, 5.74) is 1.67. The normalized spacial score (nSPS) is 14.4. The Morgan fingerprint density at radius 2 is 1.70 bits per heavy atom. The maximum absolute atomic E-state index is 12.6. The summed E-state index contributed by atoms with van der Waals surface area (Å²) in [6.07, 6.45) is 1.53. The number of nitrogens with zero attached hydrogens (tertiary/aromatic N) is 4. The summed E-state index contributed by atoms with van der Waals surface area (Å²) in [7, 11) is 3.19. The first-order valence-electron chi connectivity index (χ1n) is 8.61. The van der Waals surface area contributed by atoms with Gasteiger partial charge in [0.15, 0.2) is 0 Å². The Labute approximate surface area is 161 Å². The fraction of sp³-hybridized carbons (Fsp3) is 0.389. The summed E-state index contributed by atoms with van der Waals surface area (Å²) in [6, 6.07) is 5.13. The Balaban J connectivity index is 1.60. The number of anilines is 1. The topological polar surface area (TPSA) is 79.6 Å². The van der Waals surface area contributed by atoms with Crippen LogP contribution in [-0.4, -0.2) is 57.1 Å². The van der Waals surface area contributed by atoms with Crippen LogP contribution in [0.1, 0.15) is 16.1 Å². The number of rotatable bonds is 2. The number of amides is 3. The van der Waals surface area contributed by atoms with Crippen LogP contribution in [-0.2, 0) is 14.1 Å². The first-order chi connectivity index (χ1) is 12.8. The average molecular weight is 392 g/mol. The molecule has 2 aromatic rings. The predicted molar refractivity (Wildman–Crippen MR) is 103 cm³/mol. The summed E-state index contributed by atoms with van der Waals surface area (Å²) in [4.78, 5) is 40.2. The lowest BCUT2D eigenvalue weighted by Crippen LogP contribution is -2.52. The Morgan fingerprint density at radius 3 is 2.26 bits per heavy atom. The third-order valence-electron chi connectivity index (χ3n) is 4.76. The molecule has 3 amide bonds. The minimum absolute atomic E-state index is 0.208. The van der Waals surface area contributed by atoms with Crippen molar-refractivity contribution in [1.29, 1.82) is 0 Å². The number of piperazine rings is 1. The van der Waals surface area contributed by atoms with Crippen LogP contribution in [0.15, 0.2) is 29.2 Å². The van der Waals surface area contributed by atoms with Crippen LogP contribution in [0.3, 0.4) is 0 Å². The van der Waals surface area contributed by atoms with E-state index in [-0.39, 0.29) is 17.6 Å². The Bertz CT molecular complexity index is 941. The summed E-state index contributed by atoms with van der Waals surface area (Å²) in [6.45, 7) is 3.54. The Hall–Kier alpha value is -2.74. The quantitative estimate of drug-likeness (QED) is 0.845. The molecule has 1 aromatic heterocycles. The van der Waals surface area contributed by atoms with Gasteiger partial charge in [-0.3, -0.25) is 9.36 Å². The number of aromatic nitrogens is 2. The smallest absolute Gasteiger partial charge is 0.328 e. The number of benzene rings is 1. The van der Waals surface area contributed by atoms with Crippen LogP contribution >= 0.6 is 11.6 Å². The second kappa shape index (κ2) is 7.48. The molecule has 1 aliphatic rings. The van der Waals surface area contributed by atoms with Gasteiger partial charge >= 0.3 is 11.7 Å². The second-order valence-corrected chi connectivity index (χ2v) is 7.05. The zero-order valence-corrected chi connectivity index (χ0v) is 16.3. The molecule has 0 atom stereocenters. The predicted octanol–water partition coefficient (Wildman–Crippen LogP) is 1.68. The molecule has 1 fully saturated rings. The highest BCUT2D eigenvalue weighted by Gasteiger charge is 2.27. The second-order valence-electron chi connectivity index (χ2n) is 6.64. The van der Waals surface area contributed by atoms with Crippen LogP contribution in [0.25, 0.3) is 0 Å². The SMILES string of the molecule is Cc1ccc(NC(=O)N2CCN(C(=O)c3cn(C)c(=O)n3C)CC2)cc1Cl. The maximum atomic E-state index is 12.6. The third-order valence-corrected chi connectivity index (χ3v) is 5.17. The van der Waals surface area contributed by atoms with Gasteiger partial charge in [-0.1, -0.05) is 17.7 Å². The lowest BCUT2D eigenvalue weighted by Gasteiger charge is -2.34. The van der Waals surface area contributed by atoms with Crippen molar-refractivity contribution < 1.29 is 9.59 Å². The molecule has 3 rings (SSSR count). The zero-order chi connectivity index (χ0) is 19.7. The van der Waals surface area contributed by atoms with E-state index >= 15 is 0 Å². The number of hydrogen-bond acceptors (Lipinski definition) is 3. The first-order valence-corrected chi connectivity index (χ1v) is 8.99. The minimum atomic E-state index is -0.242. The van der Waals surface area contributed by atoms with Crippen molar-refractivity contribution in [3.8, 4) is 0 Å². The number of hydrogen-bond donors (Lipinski definition) is 1. The minimum Gasteiger partial charge on any atom is -0.334 e. The zero-order valence-electron chi connectivity index (χ0n) is 15.5. The lowest BCUT2D eigenvalue weighted by molar-refractivity contribution is 0.0662. The maximum Gasteiger partial charge on any atom is 0.328 e. The molecule has 1 aromatic carbocycles. The summed E-state index contributed by atoms with van der Waals surface area (Å²) >= 11 is 6.09. The number of aryl methyl sites for hydroxylation is 2. The fourth-order valence-corrected chi connectivity index (χ4v) is 3.19. The van der Waals surface area contributed by atoms with Crippen molar-refractivity contribution in [3.63, 3.8) is 0 Å². The number of imidazole rings is 1. The van der Waals surface area contributed by atoms with Crippen molar-refractivity contribution in [3.05, 3.63) is 51.2 Å². The molecule has 2 heterocycles. The van der Waals surface area contributed by atoms with Gasteiger partial charge in [-0.05, 0) is 24.6 Å². The molecule has 0 spiro atoms. The van der Waals surface area contributed by atoms with Gasteiger partial charge in [-0.2, -0.15) is 0 Å². The van der Waals surface area contributed by atoms with Crippen LogP contribution in [0.4, 0.5) is 10.5 Å². The van der Waals surface area contributed by atoms with Gasteiger partial charge in [0, 0.05) is 57.2 Å². The standard InChI is InChI=1S/C18H22ClN5O3/c1-12-4-5-13(10-14(12)19)20-17(26)24-8-6-23(7-9-24)16(25)15-11-21(2)18(27)22(15)3/h4-5,10-11H,6-9H2,1-3H3,(H,20,26). The molecule has 0 unspecified atom stereocenters. The highest BCUT2D eigenvalue weighted by Crippen LogP contribution is 2.20. The van der Waals surface area contributed by atoms with Crippen molar-refractivity contribution in [1.82, 2.24) is 18.9 Å². The van der Waals surface area contributed by atoms with Gasteiger partial charge in [0.1, 0.15) is 5.69 Å². The molecular weight excluding hydrogens is 370 g/mol. The van der Waals surface area contributed by atoms with Gasteiger partial charge in [0.2, 0.25) is 0 Å². The van der Waals surface area contributed by atoms with Gasteiger partial charge in [-0.15, -0.1) is 0 Å². The highest BCUT2D eigenvalue weighted by molar-refractivity contribution is 6.31. The molecule has 0 saturated carbocycles. The lowest BCUT2D eigenvalue weighted by atomic mass is 10.2. The fourth-order valence-electron chi connectivity index (χ4n) is 3.01. The van der Waals surface area contributed by atoms with E-state index in [9.17, 15) is 14.4 Å². The summed E-state index contributed by atoms with van der Waals surface area (Å²) in [5, 5.41) is 3.42. The van der Waals surface area contributed by atoms with E-state index in [2.05, 4.69) is 5.32 Å². The van der Waals surface area contributed by atoms with Gasteiger partial charge in [0.05, 0.1) is 0 Å². The Kier molecular flexibility index (Phi) is 5.27. The number of carbonyl (C=O) groups excluding carboxylic acids is 2. The van der Waals surface area contributed by atoms with E-state index < -0.39 is 0 Å². The van der Waals surface area contributed by atoms with Gasteiger partial charge < -0.3 is 19.7 Å². The van der Waals surface area contributed by atoms with E-state index in [1.54, 1.807) is 36.0 Å². The molecule has 27 heavy (non-hydrogen) atoms. The monoisotopic (exact) mass is 391 g/mol. The number of urea groups is 1. The molecule has 8 nitrogen and oxygen atoms in total. The van der Waals surface area contributed by atoms with Crippen molar-refractivity contribution >= 4 is 29.2 Å². The molecule has 9 heteroatoms. The van der Waals surface area contributed by atoms with E-state index in [1.165, 1.54) is 15.3 Å². The van der Waals surface area contributed by atoms with Crippen molar-refractivity contribution in [2.45, 2.75) is 6.92 Å². The van der Waals surface area contributed by atoms with Crippen LogP contribution < -0.4 is 11.0 Å². The molecule has 0 bridgehead atoms. The molecule has 1 aliphatic heterocycles. The molecule has 1 saturated heterocycles. The van der Waals surface area contributed by atoms with E-state index in [1.807, 2.05) is 13.0 Å². The largest absolute Gasteiger partial charge is 0.334 e. The third kappa shape index (κ3) is 3.85. The summed E-state index contributed by atoms with van der Waals surface area (Å²) < 4.78 is 2.71. The van der Waals surface area contributed by atoms with Crippen LogP contribution in [0.5, 0.6) is 0 Å². The Morgan fingerprint density at radius 1 is 1.07 bits per heavy atom. The van der Waals surface area contributed by atoms with E-state index in [4.69, 9.17) is 11.6 Å². The number of nitrogens with one attached hydrogen (secondary N) is 1. The van der Waals surface area contributed by atoms with Crippen molar-refractivity contribution in [2.75, 3.05) is 31.5 Å². The van der Waals surface area contributed by atoms with Crippen LogP contribution in [0.2, 0.25) is 5.02 Å². The van der Waals surface area contributed by atoms with E-state index in [0.717, 1.165) is 5.56 Å². The van der Waals surface area contributed by atoms with E-state index in [0.29, 0.717) is 42.6 Å².